The summed E-state index contributed by atoms with van der Waals surface area (Å²) in [5, 5.41) is 0.813. The second kappa shape index (κ2) is 3.05. The number of fused-ring (bicyclic) bond motifs is 1. The second-order valence-electron chi connectivity index (χ2n) is 3.39. The smallest absolute Gasteiger partial charge is 0.154 e. The molecule has 1 aliphatic heterocycles. The summed E-state index contributed by atoms with van der Waals surface area (Å²) in [6.45, 7) is 0. The van der Waals surface area contributed by atoms with Gasteiger partial charge in [-0.3, -0.25) is 4.99 Å². The van der Waals surface area contributed by atoms with Crippen molar-refractivity contribution in [2.24, 2.45) is 16.6 Å². The van der Waals surface area contributed by atoms with Crippen LogP contribution in [0.4, 0.5) is 0 Å². The Bertz CT molecular complexity index is 179. The molecule has 2 atom stereocenters. The Morgan fingerprint density at radius 1 is 1.36 bits per heavy atom. The molecule has 0 bridgehead atoms. The molecule has 0 aromatic rings. The number of nitrogens with two attached hydrogens (primary N) is 1. The number of thioether (sulfide) groups is 1. The van der Waals surface area contributed by atoms with Gasteiger partial charge in [0.15, 0.2) is 5.17 Å². The van der Waals surface area contributed by atoms with Crippen LogP contribution < -0.4 is 5.73 Å². The van der Waals surface area contributed by atoms with Crippen molar-refractivity contribution < 1.29 is 0 Å². The molecule has 1 heterocycles. The fourth-order valence-electron chi connectivity index (χ4n) is 1.95. The summed E-state index contributed by atoms with van der Waals surface area (Å²) in [6.07, 6.45) is 5.39. The molecule has 0 spiro atoms. The molecule has 2 rings (SSSR count). The van der Waals surface area contributed by atoms with Gasteiger partial charge in [0.2, 0.25) is 0 Å². The highest BCUT2D eigenvalue weighted by atomic mass is 32.2. The first kappa shape index (κ1) is 7.47. The Hall–Kier alpha value is -0.180. The highest BCUT2D eigenvalue weighted by Gasteiger charge is 2.27. The lowest BCUT2D eigenvalue weighted by Gasteiger charge is -2.31. The van der Waals surface area contributed by atoms with Crippen molar-refractivity contribution in [3.8, 4) is 0 Å². The van der Waals surface area contributed by atoms with Crippen LogP contribution in [0.1, 0.15) is 25.7 Å². The van der Waals surface area contributed by atoms with Crippen LogP contribution in [0.2, 0.25) is 0 Å². The van der Waals surface area contributed by atoms with E-state index < -0.39 is 0 Å². The predicted molar refractivity (Wildman–Crippen MR) is 49.8 cm³/mol. The molecule has 0 radical (unpaired) electrons. The zero-order chi connectivity index (χ0) is 7.68. The van der Waals surface area contributed by atoms with Gasteiger partial charge in [0.05, 0.1) is 6.04 Å². The Morgan fingerprint density at radius 3 is 3.09 bits per heavy atom. The predicted octanol–water partition coefficient (Wildman–Crippen LogP) is 1.61. The van der Waals surface area contributed by atoms with Gasteiger partial charge in [0.25, 0.3) is 0 Å². The number of rotatable bonds is 0. The normalized spacial score (nSPS) is 37.6. The number of hydrogen-bond acceptors (Lipinski definition) is 3. The molecule has 1 aliphatic carbocycles. The Kier molecular flexibility index (Phi) is 2.07. The maximum absolute atomic E-state index is 5.65. The van der Waals surface area contributed by atoms with Crippen molar-refractivity contribution in [3.63, 3.8) is 0 Å². The third-order valence-electron chi connectivity index (χ3n) is 2.61. The molecule has 11 heavy (non-hydrogen) atoms. The minimum Gasteiger partial charge on any atom is -0.379 e. The minimum absolute atomic E-state index is 0.574. The summed E-state index contributed by atoms with van der Waals surface area (Å²) in [4.78, 5) is 4.46. The van der Waals surface area contributed by atoms with Gasteiger partial charge in [-0.05, 0) is 18.8 Å². The SMILES string of the molecule is NC1=N[C@H]2CCCC[C@@H]2CS1. The lowest BCUT2D eigenvalue weighted by atomic mass is 9.86. The average Bonchev–Trinajstić information content (AvgIpc) is 2.04. The van der Waals surface area contributed by atoms with Gasteiger partial charge in [-0.15, -0.1) is 0 Å². The molecular weight excluding hydrogens is 156 g/mol. The van der Waals surface area contributed by atoms with Gasteiger partial charge in [-0.2, -0.15) is 0 Å². The van der Waals surface area contributed by atoms with Crippen LogP contribution in [-0.2, 0) is 0 Å². The van der Waals surface area contributed by atoms with Crippen LogP contribution >= 0.6 is 11.8 Å². The molecule has 0 unspecified atom stereocenters. The fraction of sp³-hybridized carbons (Fsp3) is 0.875. The average molecular weight is 170 g/mol. The van der Waals surface area contributed by atoms with Crippen molar-refractivity contribution >= 4 is 16.9 Å². The first-order valence-corrected chi connectivity index (χ1v) is 5.31. The number of aliphatic imine (C=N–C) groups is 1. The molecule has 2 nitrogen and oxygen atoms in total. The first-order chi connectivity index (χ1) is 5.36. The molecule has 1 fully saturated rings. The Labute approximate surface area is 71.6 Å². The lowest BCUT2D eigenvalue weighted by Crippen LogP contribution is -2.32. The second-order valence-corrected chi connectivity index (χ2v) is 4.43. The summed E-state index contributed by atoms with van der Waals surface area (Å²) >= 11 is 1.73. The van der Waals surface area contributed by atoms with E-state index in [1.165, 1.54) is 31.4 Å². The summed E-state index contributed by atoms with van der Waals surface area (Å²) in [7, 11) is 0. The van der Waals surface area contributed by atoms with Crippen molar-refractivity contribution in [3.05, 3.63) is 0 Å². The largest absolute Gasteiger partial charge is 0.379 e. The third kappa shape index (κ3) is 1.53. The molecule has 62 valence electrons. The van der Waals surface area contributed by atoms with Crippen molar-refractivity contribution in [1.29, 1.82) is 0 Å². The van der Waals surface area contributed by atoms with Crippen LogP contribution in [0.15, 0.2) is 4.99 Å². The first-order valence-electron chi connectivity index (χ1n) is 4.32. The minimum atomic E-state index is 0.574. The molecule has 2 N–H and O–H groups in total. The van der Waals surface area contributed by atoms with Gasteiger partial charge in [0, 0.05) is 5.75 Å². The van der Waals surface area contributed by atoms with Crippen molar-refractivity contribution in [2.45, 2.75) is 31.7 Å². The van der Waals surface area contributed by atoms with Gasteiger partial charge in [-0.25, -0.2) is 0 Å². The quantitative estimate of drug-likeness (QED) is 0.600. The highest BCUT2D eigenvalue weighted by molar-refractivity contribution is 8.13. The molecule has 1 saturated carbocycles. The Balaban J connectivity index is 2.07. The molecule has 3 heteroatoms. The van der Waals surface area contributed by atoms with E-state index in [9.17, 15) is 0 Å². The van der Waals surface area contributed by atoms with E-state index in [1.54, 1.807) is 11.8 Å². The molecule has 2 aliphatic rings. The van der Waals surface area contributed by atoms with Gasteiger partial charge in [0.1, 0.15) is 0 Å². The lowest BCUT2D eigenvalue weighted by molar-refractivity contribution is 0.336. The molecule has 0 saturated heterocycles. The number of amidine groups is 1. The van der Waals surface area contributed by atoms with Crippen LogP contribution in [0, 0.1) is 5.92 Å². The van der Waals surface area contributed by atoms with Crippen LogP contribution in [-0.4, -0.2) is 17.0 Å². The van der Waals surface area contributed by atoms with Gasteiger partial charge >= 0.3 is 0 Å². The molecule has 0 amide bonds. The summed E-state index contributed by atoms with van der Waals surface area (Å²) in [5.74, 6) is 2.04. The van der Waals surface area contributed by atoms with E-state index in [-0.39, 0.29) is 0 Å². The van der Waals surface area contributed by atoms with E-state index in [1.807, 2.05) is 0 Å². The van der Waals surface area contributed by atoms with E-state index in [0.29, 0.717) is 6.04 Å². The summed E-state index contributed by atoms with van der Waals surface area (Å²) in [6, 6.07) is 0.574. The summed E-state index contributed by atoms with van der Waals surface area (Å²) < 4.78 is 0. The molecule has 0 aromatic carbocycles. The standard InChI is InChI=1S/C8H14N2S/c9-8-10-7-4-2-1-3-6(7)5-11-8/h6-7H,1-5H2,(H2,9,10)/t6-,7+/m1/s1. The summed E-state index contributed by atoms with van der Waals surface area (Å²) in [5.41, 5.74) is 5.65. The monoisotopic (exact) mass is 170 g/mol. The van der Waals surface area contributed by atoms with E-state index in [2.05, 4.69) is 4.99 Å². The maximum atomic E-state index is 5.65. The van der Waals surface area contributed by atoms with E-state index in [0.717, 1.165) is 11.1 Å². The maximum Gasteiger partial charge on any atom is 0.154 e. The number of nitrogens with zero attached hydrogens (tertiary/aromatic N) is 1. The fourth-order valence-corrected chi connectivity index (χ4v) is 2.93. The van der Waals surface area contributed by atoms with Crippen molar-refractivity contribution in [1.82, 2.24) is 0 Å². The zero-order valence-electron chi connectivity index (χ0n) is 6.62. The third-order valence-corrected chi connectivity index (χ3v) is 3.60. The number of hydrogen-bond donors (Lipinski definition) is 1. The van der Waals surface area contributed by atoms with Gasteiger partial charge < -0.3 is 5.73 Å². The van der Waals surface area contributed by atoms with Crippen LogP contribution in [0.5, 0.6) is 0 Å². The Morgan fingerprint density at radius 2 is 2.18 bits per heavy atom. The van der Waals surface area contributed by atoms with E-state index >= 15 is 0 Å². The van der Waals surface area contributed by atoms with Crippen LogP contribution in [0.3, 0.4) is 0 Å². The van der Waals surface area contributed by atoms with Crippen LogP contribution in [0.25, 0.3) is 0 Å². The van der Waals surface area contributed by atoms with Crippen molar-refractivity contribution in [2.75, 3.05) is 5.75 Å². The highest BCUT2D eigenvalue weighted by Crippen LogP contribution is 2.32. The zero-order valence-corrected chi connectivity index (χ0v) is 7.44. The van der Waals surface area contributed by atoms with Gasteiger partial charge in [-0.1, -0.05) is 24.6 Å². The molecular formula is C8H14N2S. The topological polar surface area (TPSA) is 38.4 Å². The molecule has 0 aromatic heterocycles. The van der Waals surface area contributed by atoms with E-state index in [4.69, 9.17) is 5.73 Å².